The molecule has 0 aromatic carbocycles. The molecule has 1 amide bonds. The van der Waals surface area contributed by atoms with E-state index < -0.39 is 5.97 Å². The minimum atomic E-state index is -0.722. The molecule has 1 aliphatic heterocycles. The van der Waals surface area contributed by atoms with Gasteiger partial charge in [0, 0.05) is 39.7 Å². The summed E-state index contributed by atoms with van der Waals surface area (Å²) in [4.78, 5) is 24.8. The third-order valence-corrected chi connectivity index (χ3v) is 14.9. The van der Waals surface area contributed by atoms with Gasteiger partial charge in [-0.1, -0.05) is 74.1 Å². The Hall–Kier alpha value is -1.14. The van der Waals surface area contributed by atoms with Crippen LogP contribution in [0.3, 0.4) is 0 Å². The molecular formula is C40H74N2O4. The van der Waals surface area contributed by atoms with E-state index in [2.05, 4.69) is 53.4 Å². The van der Waals surface area contributed by atoms with E-state index in [9.17, 15) is 9.59 Å². The summed E-state index contributed by atoms with van der Waals surface area (Å²) in [6.07, 6.45) is 22.5. The van der Waals surface area contributed by atoms with Gasteiger partial charge in [0.2, 0.25) is 6.41 Å². The highest BCUT2D eigenvalue weighted by Crippen LogP contribution is 2.75. The summed E-state index contributed by atoms with van der Waals surface area (Å²) in [5, 5.41) is 15.5. The van der Waals surface area contributed by atoms with Crippen LogP contribution < -0.4 is 0 Å². The van der Waals surface area contributed by atoms with E-state index >= 15 is 0 Å². The molecule has 6 fully saturated rings. The fourth-order valence-corrected chi connectivity index (χ4v) is 12.3. The van der Waals surface area contributed by atoms with Crippen LogP contribution in [-0.2, 0) is 9.59 Å². The lowest BCUT2D eigenvalue weighted by Gasteiger charge is -2.71. The number of fused-ring (bicyclic) bond motifs is 7. The molecule has 2 N–H and O–H groups in total. The number of piperazine rings is 1. The maximum Gasteiger partial charge on any atom is 0.303 e. The number of rotatable bonds is 6. The SMILES string of the molecule is CC1CCCC2(C)C1CCC1(C)C2CCC2C3CCCC3(C)CC[C@]21C.CCC.CO.O=CN1CCN(CCCCC(=O)O)CC1. The number of amides is 1. The normalized spacial score (nSPS) is 41.3. The van der Waals surface area contributed by atoms with Crippen molar-refractivity contribution in [2.75, 3.05) is 39.8 Å². The molecule has 5 aliphatic carbocycles. The molecule has 0 aromatic rings. The lowest BCUT2D eigenvalue weighted by Crippen LogP contribution is -2.64. The van der Waals surface area contributed by atoms with Gasteiger partial charge in [-0.3, -0.25) is 14.5 Å². The summed E-state index contributed by atoms with van der Waals surface area (Å²) in [5.74, 6) is 4.37. The van der Waals surface area contributed by atoms with Crippen LogP contribution in [0.25, 0.3) is 0 Å². The Labute approximate surface area is 283 Å². The van der Waals surface area contributed by atoms with Crippen LogP contribution in [0, 0.1) is 51.2 Å². The van der Waals surface area contributed by atoms with Crippen LogP contribution >= 0.6 is 0 Å². The van der Waals surface area contributed by atoms with Crippen molar-refractivity contribution in [3.8, 4) is 0 Å². The lowest BCUT2D eigenvalue weighted by atomic mass is 9.33. The highest BCUT2D eigenvalue weighted by atomic mass is 16.4. The van der Waals surface area contributed by atoms with Gasteiger partial charge in [-0.2, -0.15) is 0 Å². The second kappa shape index (κ2) is 17.0. The maximum absolute atomic E-state index is 10.4. The summed E-state index contributed by atoms with van der Waals surface area (Å²) < 4.78 is 0. The number of unbranched alkanes of at least 4 members (excludes halogenated alkanes) is 1. The molecule has 268 valence electrons. The van der Waals surface area contributed by atoms with Gasteiger partial charge in [-0.15, -0.1) is 0 Å². The molecular weight excluding hydrogens is 572 g/mol. The predicted molar refractivity (Wildman–Crippen MR) is 191 cm³/mol. The van der Waals surface area contributed by atoms with Gasteiger partial charge in [0.1, 0.15) is 0 Å². The number of carboxylic acids is 1. The molecule has 0 bridgehead atoms. The highest BCUT2D eigenvalue weighted by molar-refractivity contribution is 5.66. The molecule has 0 radical (unpaired) electrons. The largest absolute Gasteiger partial charge is 0.481 e. The Morgan fingerprint density at radius 2 is 1.41 bits per heavy atom. The van der Waals surface area contributed by atoms with E-state index in [1.165, 1.54) is 57.8 Å². The third kappa shape index (κ3) is 8.01. The fourth-order valence-electron chi connectivity index (χ4n) is 12.3. The number of carboxylic acid groups (broad SMARTS) is 1. The molecule has 46 heavy (non-hydrogen) atoms. The second-order valence-electron chi connectivity index (χ2n) is 17.3. The van der Waals surface area contributed by atoms with Crippen molar-refractivity contribution in [3.63, 3.8) is 0 Å². The first-order valence-corrected chi connectivity index (χ1v) is 19.5. The zero-order chi connectivity index (χ0) is 34.2. The Bertz CT molecular complexity index is 952. The standard InChI is InChI=1S/C26H44.C10H18N2O3.C3H8.CH4O/c1-18-8-6-14-24(3)19(18)12-15-26(5)22(24)11-10-21-20-9-7-13-23(20,2)16-17-25(21,26)4;13-9-12-7-5-11(6-8-12)4-2-1-3-10(14)15;1-3-2;1-2/h18-22H,6-17H2,1-5H3;9H,1-8H2,(H,14,15);3H2,1-2H3;2H,1H3/t18?,19?,20?,21?,22?,23?,24?,25-,26?;;;/m1.../s1. The molecule has 9 atom stereocenters. The van der Waals surface area contributed by atoms with Gasteiger partial charge in [-0.05, 0) is 128 Å². The first kappa shape index (κ1) is 39.3. The summed E-state index contributed by atoms with van der Waals surface area (Å²) >= 11 is 0. The molecule has 1 heterocycles. The predicted octanol–water partition coefficient (Wildman–Crippen LogP) is 8.90. The van der Waals surface area contributed by atoms with E-state index in [4.69, 9.17) is 10.2 Å². The van der Waals surface area contributed by atoms with Crippen molar-refractivity contribution < 1.29 is 19.8 Å². The molecule has 6 heteroatoms. The number of carbonyl (C=O) groups excluding carboxylic acids is 1. The Morgan fingerprint density at radius 3 is 2.04 bits per heavy atom. The molecule has 0 spiro atoms. The van der Waals surface area contributed by atoms with E-state index in [1.54, 1.807) is 30.6 Å². The average Bonchev–Trinajstić information content (AvgIpc) is 3.43. The van der Waals surface area contributed by atoms with Crippen molar-refractivity contribution in [2.24, 2.45) is 51.2 Å². The molecule has 6 rings (SSSR count). The van der Waals surface area contributed by atoms with E-state index in [0.29, 0.717) is 21.7 Å². The molecule has 6 aliphatic rings. The molecule has 5 saturated carbocycles. The van der Waals surface area contributed by atoms with E-state index in [0.717, 1.165) is 88.7 Å². The summed E-state index contributed by atoms with van der Waals surface area (Å²) in [6, 6.07) is 0. The zero-order valence-corrected chi connectivity index (χ0v) is 31.4. The minimum absolute atomic E-state index is 0.258. The molecule has 8 unspecified atom stereocenters. The summed E-state index contributed by atoms with van der Waals surface area (Å²) in [7, 11) is 1.00. The maximum atomic E-state index is 10.4. The van der Waals surface area contributed by atoms with Gasteiger partial charge in [-0.25, -0.2) is 0 Å². The van der Waals surface area contributed by atoms with Gasteiger partial charge in [0.25, 0.3) is 0 Å². The summed E-state index contributed by atoms with van der Waals surface area (Å²) in [6.45, 7) is 22.2. The lowest BCUT2D eigenvalue weighted by molar-refractivity contribution is -0.224. The quantitative estimate of drug-likeness (QED) is 0.223. The molecule has 0 aromatic heterocycles. The van der Waals surface area contributed by atoms with Crippen LogP contribution in [0.1, 0.15) is 151 Å². The van der Waals surface area contributed by atoms with Crippen molar-refractivity contribution in [2.45, 2.75) is 151 Å². The number of nitrogens with zero attached hydrogens (tertiary/aromatic N) is 2. The van der Waals surface area contributed by atoms with Gasteiger partial charge in [0.15, 0.2) is 0 Å². The Morgan fingerprint density at radius 1 is 0.761 bits per heavy atom. The van der Waals surface area contributed by atoms with E-state index in [-0.39, 0.29) is 6.42 Å². The smallest absolute Gasteiger partial charge is 0.303 e. The average molecular weight is 647 g/mol. The Kier molecular flexibility index (Phi) is 14.5. The van der Waals surface area contributed by atoms with Crippen LogP contribution in [-0.4, -0.2) is 72.2 Å². The zero-order valence-electron chi connectivity index (χ0n) is 31.4. The minimum Gasteiger partial charge on any atom is -0.481 e. The van der Waals surface area contributed by atoms with Gasteiger partial charge >= 0.3 is 5.97 Å². The number of carbonyl (C=O) groups is 2. The third-order valence-electron chi connectivity index (χ3n) is 14.9. The second-order valence-corrected chi connectivity index (χ2v) is 17.3. The van der Waals surface area contributed by atoms with Crippen molar-refractivity contribution in [1.82, 2.24) is 9.80 Å². The molecule has 1 saturated heterocycles. The topological polar surface area (TPSA) is 81.1 Å². The van der Waals surface area contributed by atoms with Gasteiger partial charge in [0.05, 0.1) is 0 Å². The first-order chi connectivity index (χ1) is 21.9. The van der Waals surface area contributed by atoms with E-state index in [1.807, 2.05) is 0 Å². The molecule has 6 nitrogen and oxygen atoms in total. The summed E-state index contributed by atoms with van der Waals surface area (Å²) in [5.41, 5.74) is 2.59. The van der Waals surface area contributed by atoms with Crippen LogP contribution in [0.5, 0.6) is 0 Å². The van der Waals surface area contributed by atoms with Crippen LogP contribution in [0.2, 0.25) is 0 Å². The number of hydrogen-bond acceptors (Lipinski definition) is 4. The number of hydrogen-bond donors (Lipinski definition) is 2. The van der Waals surface area contributed by atoms with Crippen LogP contribution in [0.15, 0.2) is 0 Å². The van der Waals surface area contributed by atoms with Gasteiger partial charge < -0.3 is 15.1 Å². The number of aliphatic carboxylic acids is 1. The number of aliphatic hydroxyl groups excluding tert-OH is 1. The van der Waals surface area contributed by atoms with Crippen molar-refractivity contribution >= 4 is 12.4 Å². The fraction of sp³-hybridized carbons (Fsp3) is 0.950. The highest BCUT2D eigenvalue weighted by Gasteiger charge is 2.67. The van der Waals surface area contributed by atoms with Crippen molar-refractivity contribution in [1.29, 1.82) is 0 Å². The van der Waals surface area contributed by atoms with Crippen molar-refractivity contribution in [3.05, 3.63) is 0 Å². The Balaban J connectivity index is 0.000000246. The first-order valence-electron chi connectivity index (χ1n) is 19.5. The number of aliphatic hydroxyl groups is 1. The van der Waals surface area contributed by atoms with Crippen LogP contribution in [0.4, 0.5) is 0 Å². The monoisotopic (exact) mass is 647 g/mol.